The molecular formula is C22H25N3O2. The first-order chi connectivity index (χ1) is 13.2. The number of carbonyl (C=O) groups is 2. The van der Waals surface area contributed by atoms with E-state index in [-0.39, 0.29) is 11.9 Å². The van der Waals surface area contributed by atoms with Gasteiger partial charge in [-0.25, -0.2) is 4.79 Å². The molecule has 0 saturated heterocycles. The van der Waals surface area contributed by atoms with Crippen LogP contribution in [0.4, 0.5) is 10.5 Å². The van der Waals surface area contributed by atoms with Gasteiger partial charge in [-0.1, -0.05) is 43.2 Å². The third-order valence-electron chi connectivity index (χ3n) is 5.45. The molecule has 1 aliphatic carbocycles. The Kier molecular flexibility index (Phi) is 5.10. The van der Waals surface area contributed by atoms with Gasteiger partial charge in [0.05, 0.1) is 0 Å². The average molecular weight is 363 g/mol. The minimum Gasteiger partial charge on any atom is -0.335 e. The second kappa shape index (κ2) is 7.82. The second-order valence-corrected chi connectivity index (χ2v) is 7.34. The molecule has 4 rings (SSSR count). The molecule has 0 spiro atoms. The molecule has 1 saturated carbocycles. The third-order valence-corrected chi connectivity index (χ3v) is 5.45. The van der Waals surface area contributed by atoms with E-state index in [0.29, 0.717) is 24.7 Å². The lowest BCUT2D eigenvalue weighted by molar-refractivity contribution is 0.0989. The molecule has 2 aromatic carbocycles. The first-order valence-electron chi connectivity index (χ1n) is 9.74. The van der Waals surface area contributed by atoms with Crippen LogP contribution in [-0.4, -0.2) is 24.5 Å². The van der Waals surface area contributed by atoms with Gasteiger partial charge >= 0.3 is 6.03 Å². The maximum atomic E-state index is 12.8. The standard InChI is InChI=1S/C22H25N3O2/c26-21(18-6-2-1-3-7-18)25-13-12-17-11-10-16(14-20(17)25)15-23-22(27)24-19-8-4-5-9-19/h1-3,6-7,10-11,14,19H,4-5,8-9,12-13,15H2,(H2,23,24,27). The number of urea groups is 1. The fourth-order valence-electron chi connectivity index (χ4n) is 3.97. The molecule has 0 atom stereocenters. The quantitative estimate of drug-likeness (QED) is 0.871. The second-order valence-electron chi connectivity index (χ2n) is 7.34. The predicted molar refractivity (Wildman–Crippen MR) is 106 cm³/mol. The van der Waals surface area contributed by atoms with Crippen LogP contribution >= 0.6 is 0 Å². The van der Waals surface area contributed by atoms with Crippen LogP contribution in [0, 0.1) is 0 Å². The highest BCUT2D eigenvalue weighted by Crippen LogP contribution is 2.30. The Hall–Kier alpha value is -2.82. The summed E-state index contributed by atoms with van der Waals surface area (Å²) in [5.41, 5.74) is 3.84. The molecule has 0 aromatic heterocycles. The molecule has 5 nitrogen and oxygen atoms in total. The Morgan fingerprint density at radius 1 is 1.04 bits per heavy atom. The van der Waals surface area contributed by atoms with E-state index in [2.05, 4.69) is 16.7 Å². The van der Waals surface area contributed by atoms with Crippen LogP contribution in [0.1, 0.15) is 47.2 Å². The summed E-state index contributed by atoms with van der Waals surface area (Å²) in [5, 5.41) is 5.97. The number of nitrogens with one attached hydrogen (secondary N) is 2. The summed E-state index contributed by atoms with van der Waals surface area (Å²) in [6.45, 7) is 1.15. The van der Waals surface area contributed by atoms with Crippen molar-refractivity contribution < 1.29 is 9.59 Å². The van der Waals surface area contributed by atoms with Crippen LogP contribution in [0.25, 0.3) is 0 Å². The Bertz CT molecular complexity index is 829. The molecule has 2 aliphatic rings. The van der Waals surface area contributed by atoms with Crippen molar-refractivity contribution in [3.05, 3.63) is 65.2 Å². The number of nitrogens with zero attached hydrogens (tertiary/aromatic N) is 1. The van der Waals surface area contributed by atoms with Gasteiger partial charge < -0.3 is 15.5 Å². The summed E-state index contributed by atoms with van der Waals surface area (Å²) in [6, 6.07) is 15.7. The number of hydrogen-bond donors (Lipinski definition) is 2. The van der Waals surface area contributed by atoms with Gasteiger partial charge in [0.25, 0.3) is 5.91 Å². The number of rotatable bonds is 4. The van der Waals surface area contributed by atoms with Gasteiger partial charge in [0.2, 0.25) is 0 Å². The molecule has 1 aliphatic heterocycles. The molecule has 0 radical (unpaired) electrons. The molecule has 27 heavy (non-hydrogen) atoms. The van der Waals surface area contributed by atoms with Gasteiger partial charge in [0, 0.05) is 30.4 Å². The molecule has 0 unspecified atom stereocenters. The monoisotopic (exact) mass is 363 g/mol. The Morgan fingerprint density at radius 3 is 2.59 bits per heavy atom. The number of carbonyl (C=O) groups excluding carboxylic acids is 2. The Labute approximate surface area is 159 Å². The highest BCUT2D eigenvalue weighted by molar-refractivity contribution is 6.07. The highest BCUT2D eigenvalue weighted by Gasteiger charge is 2.25. The fourth-order valence-corrected chi connectivity index (χ4v) is 3.97. The van der Waals surface area contributed by atoms with Gasteiger partial charge in [0.15, 0.2) is 0 Å². The molecule has 2 aromatic rings. The van der Waals surface area contributed by atoms with E-state index in [9.17, 15) is 9.59 Å². The van der Waals surface area contributed by atoms with Gasteiger partial charge in [-0.05, 0) is 48.6 Å². The van der Waals surface area contributed by atoms with Crippen LogP contribution in [0.3, 0.4) is 0 Å². The van der Waals surface area contributed by atoms with E-state index in [4.69, 9.17) is 0 Å². The van der Waals surface area contributed by atoms with E-state index in [1.807, 2.05) is 47.4 Å². The fraction of sp³-hybridized carbons (Fsp3) is 0.364. The van der Waals surface area contributed by atoms with E-state index in [1.165, 1.54) is 18.4 Å². The lowest BCUT2D eigenvalue weighted by atomic mass is 10.1. The smallest absolute Gasteiger partial charge is 0.315 e. The van der Waals surface area contributed by atoms with Crippen molar-refractivity contribution in [1.82, 2.24) is 10.6 Å². The van der Waals surface area contributed by atoms with Crippen LogP contribution in [0.15, 0.2) is 48.5 Å². The van der Waals surface area contributed by atoms with Crippen molar-refractivity contribution in [3.8, 4) is 0 Å². The van der Waals surface area contributed by atoms with Crippen LogP contribution in [0.2, 0.25) is 0 Å². The van der Waals surface area contributed by atoms with Crippen molar-refractivity contribution >= 4 is 17.6 Å². The number of fused-ring (bicyclic) bond motifs is 1. The van der Waals surface area contributed by atoms with Crippen LogP contribution < -0.4 is 15.5 Å². The number of benzene rings is 2. The molecular weight excluding hydrogens is 338 g/mol. The first-order valence-corrected chi connectivity index (χ1v) is 9.74. The zero-order valence-electron chi connectivity index (χ0n) is 15.4. The lowest BCUT2D eigenvalue weighted by Gasteiger charge is -2.18. The van der Waals surface area contributed by atoms with E-state index >= 15 is 0 Å². The largest absolute Gasteiger partial charge is 0.335 e. The summed E-state index contributed by atoms with van der Waals surface area (Å²) in [5.74, 6) is 0.0263. The van der Waals surface area contributed by atoms with Crippen molar-refractivity contribution in [3.63, 3.8) is 0 Å². The molecule has 5 heteroatoms. The normalized spacial score (nSPS) is 16.2. The zero-order valence-corrected chi connectivity index (χ0v) is 15.4. The van der Waals surface area contributed by atoms with Crippen LogP contribution in [-0.2, 0) is 13.0 Å². The Morgan fingerprint density at radius 2 is 1.81 bits per heavy atom. The first kappa shape index (κ1) is 17.6. The minimum absolute atomic E-state index is 0.0263. The van der Waals surface area contributed by atoms with Crippen molar-refractivity contribution in [2.24, 2.45) is 0 Å². The van der Waals surface area contributed by atoms with Gasteiger partial charge in [0.1, 0.15) is 0 Å². The third kappa shape index (κ3) is 3.97. The van der Waals surface area contributed by atoms with E-state index in [0.717, 1.165) is 30.5 Å². The SMILES string of the molecule is O=C(NCc1ccc2c(c1)N(C(=O)c1ccccc1)CC2)NC1CCCC1. The van der Waals surface area contributed by atoms with Crippen molar-refractivity contribution in [1.29, 1.82) is 0 Å². The maximum Gasteiger partial charge on any atom is 0.315 e. The number of anilines is 1. The summed E-state index contributed by atoms with van der Waals surface area (Å²) in [7, 11) is 0. The van der Waals surface area contributed by atoms with Gasteiger partial charge in [-0.3, -0.25) is 4.79 Å². The molecule has 1 fully saturated rings. The topological polar surface area (TPSA) is 61.4 Å². The summed E-state index contributed by atoms with van der Waals surface area (Å²) >= 11 is 0. The Balaban J connectivity index is 1.42. The number of amides is 3. The highest BCUT2D eigenvalue weighted by atomic mass is 16.2. The molecule has 2 N–H and O–H groups in total. The molecule has 3 amide bonds. The zero-order chi connectivity index (χ0) is 18.6. The molecule has 0 bridgehead atoms. The molecule has 140 valence electrons. The summed E-state index contributed by atoms with van der Waals surface area (Å²) in [4.78, 5) is 26.7. The summed E-state index contributed by atoms with van der Waals surface area (Å²) < 4.78 is 0. The maximum absolute atomic E-state index is 12.8. The van der Waals surface area contributed by atoms with Gasteiger partial charge in [-0.2, -0.15) is 0 Å². The van der Waals surface area contributed by atoms with Gasteiger partial charge in [-0.15, -0.1) is 0 Å². The van der Waals surface area contributed by atoms with Crippen molar-refractivity contribution in [2.45, 2.75) is 44.7 Å². The van der Waals surface area contributed by atoms with Crippen LogP contribution in [0.5, 0.6) is 0 Å². The summed E-state index contributed by atoms with van der Waals surface area (Å²) in [6.07, 6.45) is 5.40. The minimum atomic E-state index is -0.111. The lowest BCUT2D eigenvalue weighted by Crippen LogP contribution is -2.40. The predicted octanol–water partition coefficient (Wildman–Crippen LogP) is 3.63. The average Bonchev–Trinajstić information content (AvgIpc) is 3.36. The van der Waals surface area contributed by atoms with Crippen molar-refractivity contribution in [2.75, 3.05) is 11.4 Å². The number of hydrogen-bond acceptors (Lipinski definition) is 2. The van der Waals surface area contributed by atoms with E-state index in [1.54, 1.807) is 0 Å². The van der Waals surface area contributed by atoms with E-state index < -0.39 is 0 Å². The molecule has 1 heterocycles.